The Labute approximate surface area is 108 Å². The summed E-state index contributed by atoms with van der Waals surface area (Å²) in [7, 11) is 0. The van der Waals surface area contributed by atoms with E-state index in [0.29, 0.717) is 17.8 Å². The quantitative estimate of drug-likeness (QED) is 0.482. The van der Waals surface area contributed by atoms with Crippen molar-refractivity contribution in [1.29, 1.82) is 0 Å². The number of rotatable bonds is 4. The minimum atomic E-state index is -0.475. The summed E-state index contributed by atoms with van der Waals surface area (Å²) in [4.78, 5) is 14.3. The van der Waals surface area contributed by atoms with Crippen LogP contribution in [0.25, 0.3) is 11.5 Å². The molecule has 0 N–H and O–H groups in total. The summed E-state index contributed by atoms with van der Waals surface area (Å²) in [6.07, 6.45) is 0.676. The zero-order chi connectivity index (χ0) is 13.1. The fourth-order valence-corrected chi connectivity index (χ4v) is 1.50. The van der Waals surface area contributed by atoms with Crippen molar-refractivity contribution in [2.75, 3.05) is 0 Å². The third-order valence-corrected chi connectivity index (χ3v) is 2.89. The molecule has 0 radical (unpaired) electrons. The first-order valence-corrected chi connectivity index (χ1v) is 5.78. The molecule has 0 aliphatic rings. The molecule has 1 aromatic heterocycles. The summed E-state index contributed by atoms with van der Waals surface area (Å²) in [5, 5.41) is 14.1. The molecule has 0 aliphatic carbocycles. The number of benzene rings is 1. The van der Waals surface area contributed by atoms with E-state index >= 15 is 0 Å². The second-order valence-electron chi connectivity index (χ2n) is 3.64. The maximum absolute atomic E-state index is 10.7. The number of hydrogen-bond donors (Lipinski definition) is 0. The third-order valence-electron chi connectivity index (χ3n) is 2.38. The number of nitrogens with zero attached hydrogens (tertiary/aromatic N) is 3. The number of alkyl halides is 1. The Kier molecular flexibility index (Phi) is 3.57. The highest BCUT2D eigenvalue weighted by molar-refractivity contribution is 6.20. The summed E-state index contributed by atoms with van der Waals surface area (Å²) >= 11 is 5.98. The van der Waals surface area contributed by atoms with Gasteiger partial charge in [0.2, 0.25) is 0 Å². The van der Waals surface area contributed by atoms with E-state index in [1.807, 2.05) is 6.92 Å². The van der Waals surface area contributed by atoms with Crippen molar-refractivity contribution in [2.24, 2.45) is 0 Å². The van der Waals surface area contributed by atoms with Gasteiger partial charge in [-0.15, -0.1) is 11.6 Å². The van der Waals surface area contributed by atoms with Gasteiger partial charge in [0.05, 0.1) is 10.3 Å². The maximum Gasteiger partial charge on any atom is 0.270 e. The van der Waals surface area contributed by atoms with Crippen LogP contribution in [0.1, 0.15) is 24.5 Å². The van der Waals surface area contributed by atoms with Crippen molar-refractivity contribution in [1.82, 2.24) is 10.1 Å². The van der Waals surface area contributed by atoms with Gasteiger partial charge >= 0.3 is 0 Å². The average molecular weight is 268 g/mol. The minimum Gasteiger partial charge on any atom is -0.334 e. The highest BCUT2D eigenvalue weighted by Crippen LogP contribution is 2.26. The van der Waals surface area contributed by atoms with Gasteiger partial charge in [-0.1, -0.05) is 18.1 Å². The predicted octanol–water partition coefficient (Wildman–Crippen LogP) is 3.33. The first kappa shape index (κ1) is 12.5. The zero-order valence-corrected chi connectivity index (χ0v) is 10.3. The molecule has 0 fully saturated rings. The molecule has 0 amide bonds. The summed E-state index contributed by atoms with van der Waals surface area (Å²) in [6.45, 7) is 1.90. The van der Waals surface area contributed by atoms with Crippen LogP contribution in [0.5, 0.6) is 0 Å². The van der Waals surface area contributed by atoms with Crippen LogP contribution in [0, 0.1) is 10.1 Å². The Morgan fingerprint density at radius 2 is 2.33 bits per heavy atom. The molecular formula is C11H10ClN3O3. The van der Waals surface area contributed by atoms with Gasteiger partial charge in [0, 0.05) is 17.7 Å². The van der Waals surface area contributed by atoms with Gasteiger partial charge < -0.3 is 4.52 Å². The summed E-state index contributed by atoms with van der Waals surface area (Å²) in [6, 6.07) is 6.01. The standard InChI is InChI=1S/C11H10ClN3O3/c1-2-9(12)10-13-11(18-14-10)7-4-3-5-8(6-7)15(16)17/h3-6,9H,2H2,1H3. The highest BCUT2D eigenvalue weighted by atomic mass is 35.5. The van der Waals surface area contributed by atoms with Gasteiger partial charge in [0.15, 0.2) is 5.82 Å². The summed E-state index contributed by atoms with van der Waals surface area (Å²) in [5.41, 5.74) is 0.480. The molecular weight excluding hydrogens is 258 g/mol. The number of hydrogen-bond acceptors (Lipinski definition) is 5. The van der Waals surface area contributed by atoms with Gasteiger partial charge in [-0.25, -0.2) is 0 Å². The minimum absolute atomic E-state index is 0.0230. The van der Waals surface area contributed by atoms with Gasteiger partial charge in [0.25, 0.3) is 11.6 Å². The van der Waals surface area contributed by atoms with Gasteiger partial charge in [-0.3, -0.25) is 10.1 Å². The number of halogens is 1. The molecule has 6 nitrogen and oxygen atoms in total. The maximum atomic E-state index is 10.7. The van der Waals surface area contributed by atoms with Crippen molar-refractivity contribution in [3.05, 3.63) is 40.2 Å². The Morgan fingerprint density at radius 3 is 3.00 bits per heavy atom. The van der Waals surface area contributed by atoms with Crippen LogP contribution in [0.15, 0.2) is 28.8 Å². The predicted molar refractivity (Wildman–Crippen MR) is 65.3 cm³/mol. The van der Waals surface area contributed by atoms with E-state index in [2.05, 4.69) is 10.1 Å². The molecule has 18 heavy (non-hydrogen) atoms. The van der Waals surface area contributed by atoms with E-state index in [1.54, 1.807) is 12.1 Å². The molecule has 0 aliphatic heterocycles. The molecule has 0 spiro atoms. The van der Waals surface area contributed by atoms with E-state index in [0.717, 1.165) is 0 Å². The Balaban J connectivity index is 2.34. The zero-order valence-electron chi connectivity index (χ0n) is 9.54. The van der Waals surface area contributed by atoms with E-state index in [1.165, 1.54) is 12.1 Å². The van der Waals surface area contributed by atoms with Crippen molar-refractivity contribution < 1.29 is 9.45 Å². The molecule has 1 unspecified atom stereocenters. The lowest BCUT2D eigenvalue weighted by Gasteiger charge is -1.96. The van der Waals surface area contributed by atoms with Crippen LogP contribution in [0.2, 0.25) is 0 Å². The number of nitro groups is 1. The molecule has 0 saturated heterocycles. The van der Waals surface area contributed by atoms with Crippen LogP contribution in [-0.4, -0.2) is 15.1 Å². The first-order chi connectivity index (χ1) is 8.61. The van der Waals surface area contributed by atoms with Crippen LogP contribution in [-0.2, 0) is 0 Å². The molecule has 0 saturated carbocycles. The van der Waals surface area contributed by atoms with E-state index in [9.17, 15) is 10.1 Å². The monoisotopic (exact) mass is 267 g/mol. The van der Waals surface area contributed by atoms with E-state index in [-0.39, 0.29) is 17.0 Å². The van der Waals surface area contributed by atoms with Crippen molar-refractivity contribution >= 4 is 17.3 Å². The lowest BCUT2D eigenvalue weighted by molar-refractivity contribution is -0.384. The molecule has 1 atom stereocenters. The SMILES string of the molecule is CCC(Cl)c1noc(-c2cccc([N+](=O)[O-])c2)n1. The number of non-ortho nitro benzene ring substituents is 1. The molecule has 7 heteroatoms. The molecule has 1 aromatic carbocycles. The number of aromatic nitrogens is 2. The average Bonchev–Trinajstić information content (AvgIpc) is 2.87. The van der Waals surface area contributed by atoms with Crippen molar-refractivity contribution in [3.63, 3.8) is 0 Å². The molecule has 94 valence electrons. The fourth-order valence-electron chi connectivity index (χ4n) is 1.41. The smallest absolute Gasteiger partial charge is 0.270 e. The van der Waals surface area contributed by atoms with Crippen molar-refractivity contribution in [3.8, 4) is 11.5 Å². The Morgan fingerprint density at radius 1 is 1.56 bits per heavy atom. The lowest BCUT2D eigenvalue weighted by atomic mass is 10.2. The largest absolute Gasteiger partial charge is 0.334 e. The lowest BCUT2D eigenvalue weighted by Crippen LogP contribution is -1.91. The highest BCUT2D eigenvalue weighted by Gasteiger charge is 2.16. The molecule has 0 bridgehead atoms. The van der Waals surface area contributed by atoms with Gasteiger partial charge in [-0.05, 0) is 12.5 Å². The second kappa shape index (κ2) is 5.14. The summed E-state index contributed by atoms with van der Waals surface area (Å²) in [5.74, 6) is 0.619. The summed E-state index contributed by atoms with van der Waals surface area (Å²) < 4.78 is 5.04. The fraction of sp³-hybridized carbons (Fsp3) is 0.273. The topological polar surface area (TPSA) is 82.1 Å². The molecule has 2 aromatic rings. The molecule has 2 rings (SSSR count). The van der Waals surface area contributed by atoms with Crippen molar-refractivity contribution in [2.45, 2.75) is 18.7 Å². The first-order valence-electron chi connectivity index (χ1n) is 5.34. The molecule has 1 heterocycles. The number of nitro benzene ring substituents is 1. The van der Waals surface area contributed by atoms with Crippen LogP contribution in [0.3, 0.4) is 0 Å². The van der Waals surface area contributed by atoms with Crippen LogP contribution in [0.4, 0.5) is 5.69 Å². The Bertz CT molecular complexity index is 570. The van der Waals surface area contributed by atoms with E-state index in [4.69, 9.17) is 16.1 Å². The normalized spacial score (nSPS) is 12.3. The van der Waals surface area contributed by atoms with Gasteiger partial charge in [-0.2, -0.15) is 4.98 Å². The second-order valence-corrected chi connectivity index (χ2v) is 4.17. The third kappa shape index (κ3) is 2.48. The van der Waals surface area contributed by atoms with Crippen LogP contribution < -0.4 is 0 Å². The van der Waals surface area contributed by atoms with Crippen LogP contribution >= 0.6 is 11.6 Å². The Hall–Kier alpha value is -1.95. The van der Waals surface area contributed by atoms with Gasteiger partial charge in [0.1, 0.15) is 0 Å². The van der Waals surface area contributed by atoms with E-state index < -0.39 is 4.92 Å².